The highest BCUT2D eigenvalue weighted by Crippen LogP contribution is 2.28. The Labute approximate surface area is 74.6 Å². The molecule has 0 unspecified atom stereocenters. The molecule has 2 heteroatoms. The lowest BCUT2D eigenvalue weighted by molar-refractivity contribution is -0.142. The van der Waals surface area contributed by atoms with E-state index in [1.807, 2.05) is 19.9 Å². The number of hydrogen-bond acceptors (Lipinski definition) is 2. The van der Waals surface area contributed by atoms with Crippen LogP contribution in [0.25, 0.3) is 0 Å². The Morgan fingerprint density at radius 1 is 1.67 bits per heavy atom. The van der Waals surface area contributed by atoms with Gasteiger partial charge in [0.05, 0.1) is 12.7 Å². The minimum Gasteiger partial charge on any atom is -0.348 e. The van der Waals surface area contributed by atoms with E-state index in [0.29, 0.717) is 12.5 Å². The van der Waals surface area contributed by atoms with Crippen molar-refractivity contribution in [3.8, 4) is 0 Å². The third kappa shape index (κ3) is 2.08. The second kappa shape index (κ2) is 3.58. The average molecular weight is 170 g/mol. The van der Waals surface area contributed by atoms with Crippen molar-refractivity contribution in [2.24, 2.45) is 5.92 Å². The van der Waals surface area contributed by atoms with Crippen LogP contribution in [0.3, 0.4) is 0 Å². The summed E-state index contributed by atoms with van der Waals surface area (Å²) < 4.78 is 11.2. The Hall–Kier alpha value is -0.340. The molecule has 0 aromatic heterocycles. The summed E-state index contributed by atoms with van der Waals surface area (Å²) in [6, 6.07) is 0. The highest BCUT2D eigenvalue weighted by molar-refractivity contribution is 4.87. The molecule has 12 heavy (non-hydrogen) atoms. The predicted octanol–water partition coefficient (Wildman–Crippen LogP) is 2.35. The van der Waals surface area contributed by atoms with Crippen LogP contribution in [0.5, 0.6) is 0 Å². The highest BCUT2D eigenvalue weighted by atomic mass is 16.7. The molecule has 0 bridgehead atoms. The quantitative estimate of drug-likeness (QED) is 0.605. The van der Waals surface area contributed by atoms with Crippen LogP contribution in [-0.2, 0) is 9.47 Å². The molecule has 0 aliphatic carbocycles. The molecule has 1 heterocycles. The van der Waals surface area contributed by atoms with Crippen LogP contribution in [0.2, 0.25) is 0 Å². The molecule has 70 valence electrons. The van der Waals surface area contributed by atoms with Crippen molar-refractivity contribution in [2.75, 3.05) is 6.61 Å². The van der Waals surface area contributed by atoms with Gasteiger partial charge < -0.3 is 9.47 Å². The Kier molecular flexibility index (Phi) is 2.91. The van der Waals surface area contributed by atoms with E-state index in [1.54, 1.807) is 0 Å². The minimum absolute atomic E-state index is 0.197. The maximum Gasteiger partial charge on any atom is 0.163 e. The Bertz CT molecular complexity index is 163. The Morgan fingerprint density at radius 3 is 2.67 bits per heavy atom. The molecular formula is C10H18O2. The molecule has 0 radical (unpaired) electrons. The predicted molar refractivity (Wildman–Crippen MR) is 48.9 cm³/mol. The number of hydrogen-bond donors (Lipinski definition) is 0. The second-order valence-corrected chi connectivity index (χ2v) is 3.67. The van der Waals surface area contributed by atoms with E-state index < -0.39 is 5.79 Å². The summed E-state index contributed by atoms with van der Waals surface area (Å²) in [5.41, 5.74) is 0. The first kappa shape index (κ1) is 9.75. The molecule has 1 aliphatic rings. The van der Waals surface area contributed by atoms with E-state index in [-0.39, 0.29) is 6.10 Å². The van der Waals surface area contributed by atoms with Gasteiger partial charge in [0, 0.05) is 5.92 Å². The molecule has 2 nitrogen and oxygen atoms in total. The zero-order valence-corrected chi connectivity index (χ0v) is 8.17. The Balaban J connectivity index is 2.50. The van der Waals surface area contributed by atoms with Gasteiger partial charge in [0.1, 0.15) is 0 Å². The second-order valence-electron chi connectivity index (χ2n) is 3.67. The standard InChI is InChI=1S/C10H18O2/c1-5-8(6-2)9-7-11-10(3,4)12-9/h5,8-9H,1,6-7H2,2-4H3/t8-,9-/m1/s1. The monoisotopic (exact) mass is 170 g/mol. The van der Waals surface area contributed by atoms with Gasteiger partial charge in [0.2, 0.25) is 0 Å². The van der Waals surface area contributed by atoms with E-state index in [0.717, 1.165) is 6.42 Å². The summed E-state index contributed by atoms with van der Waals surface area (Å²) in [4.78, 5) is 0. The summed E-state index contributed by atoms with van der Waals surface area (Å²) in [6.07, 6.45) is 3.21. The molecule has 2 atom stereocenters. The molecule has 1 saturated heterocycles. The summed E-state index contributed by atoms with van der Waals surface area (Å²) in [6.45, 7) is 10.5. The van der Waals surface area contributed by atoms with Crippen molar-refractivity contribution >= 4 is 0 Å². The molecule has 0 aromatic carbocycles. The van der Waals surface area contributed by atoms with Gasteiger partial charge >= 0.3 is 0 Å². The number of ether oxygens (including phenoxy) is 2. The zero-order chi connectivity index (χ0) is 9.19. The maximum atomic E-state index is 5.70. The lowest BCUT2D eigenvalue weighted by atomic mass is 10.0. The first-order valence-electron chi connectivity index (χ1n) is 4.53. The van der Waals surface area contributed by atoms with Gasteiger partial charge in [-0.05, 0) is 20.3 Å². The highest BCUT2D eigenvalue weighted by Gasteiger charge is 2.35. The van der Waals surface area contributed by atoms with Crippen LogP contribution >= 0.6 is 0 Å². The fourth-order valence-corrected chi connectivity index (χ4v) is 1.51. The molecule has 1 fully saturated rings. The van der Waals surface area contributed by atoms with E-state index in [2.05, 4.69) is 13.5 Å². The summed E-state index contributed by atoms with van der Waals surface area (Å²) >= 11 is 0. The number of rotatable bonds is 3. The Morgan fingerprint density at radius 2 is 2.33 bits per heavy atom. The maximum absolute atomic E-state index is 5.70. The van der Waals surface area contributed by atoms with Gasteiger partial charge in [0.25, 0.3) is 0 Å². The normalized spacial score (nSPS) is 30.1. The molecule has 1 aliphatic heterocycles. The third-order valence-electron chi connectivity index (χ3n) is 2.28. The van der Waals surface area contributed by atoms with Crippen molar-refractivity contribution in [1.82, 2.24) is 0 Å². The van der Waals surface area contributed by atoms with Crippen molar-refractivity contribution in [1.29, 1.82) is 0 Å². The fourth-order valence-electron chi connectivity index (χ4n) is 1.51. The molecule has 0 aromatic rings. The largest absolute Gasteiger partial charge is 0.348 e. The van der Waals surface area contributed by atoms with E-state index in [1.165, 1.54) is 0 Å². The van der Waals surface area contributed by atoms with Gasteiger partial charge in [-0.15, -0.1) is 6.58 Å². The van der Waals surface area contributed by atoms with Crippen LogP contribution in [0.4, 0.5) is 0 Å². The smallest absolute Gasteiger partial charge is 0.163 e. The van der Waals surface area contributed by atoms with Gasteiger partial charge in [-0.1, -0.05) is 13.0 Å². The van der Waals surface area contributed by atoms with Crippen molar-refractivity contribution in [3.05, 3.63) is 12.7 Å². The third-order valence-corrected chi connectivity index (χ3v) is 2.28. The first-order chi connectivity index (χ1) is 5.59. The van der Waals surface area contributed by atoms with Crippen LogP contribution in [-0.4, -0.2) is 18.5 Å². The molecule has 1 rings (SSSR count). The molecule has 0 amide bonds. The minimum atomic E-state index is -0.402. The van der Waals surface area contributed by atoms with Gasteiger partial charge in [-0.25, -0.2) is 0 Å². The van der Waals surface area contributed by atoms with Crippen LogP contribution in [0.15, 0.2) is 12.7 Å². The van der Waals surface area contributed by atoms with E-state index in [4.69, 9.17) is 9.47 Å². The molecule has 0 N–H and O–H groups in total. The summed E-state index contributed by atoms with van der Waals surface area (Å²) in [5, 5.41) is 0. The van der Waals surface area contributed by atoms with Crippen LogP contribution < -0.4 is 0 Å². The lowest BCUT2D eigenvalue weighted by Crippen LogP contribution is -2.25. The first-order valence-corrected chi connectivity index (χ1v) is 4.53. The van der Waals surface area contributed by atoms with Crippen LogP contribution in [0.1, 0.15) is 27.2 Å². The van der Waals surface area contributed by atoms with Crippen molar-refractivity contribution in [3.63, 3.8) is 0 Å². The lowest BCUT2D eigenvalue weighted by Gasteiger charge is -2.20. The molecule has 0 saturated carbocycles. The van der Waals surface area contributed by atoms with E-state index >= 15 is 0 Å². The van der Waals surface area contributed by atoms with Crippen molar-refractivity contribution in [2.45, 2.75) is 39.1 Å². The summed E-state index contributed by atoms with van der Waals surface area (Å²) in [7, 11) is 0. The van der Waals surface area contributed by atoms with Crippen LogP contribution in [0, 0.1) is 5.92 Å². The van der Waals surface area contributed by atoms with Gasteiger partial charge in [-0.2, -0.15) is 0 Å². The topological polar surface area (TPSA) is 18.5 Å². The fraction of sp³-hybridized carbons (Fsp3) is 0.800. The van der Waals surface area contributed by atoms with Gasteiger partial charge in [0.15, 0.2) is 5.79 Å². The van der Waals surface area contributed by atoms with Gasteiger partial charge in [-0.3, -0.25) is 0 Å². The SMILES string of the molecule is C=C[C@H](CC)[C@H]1COC(C)(C)O1. The average Bonchev–Trinajstić information content (AvgIpc) is 2.34. The summed E-state index contributed by atoms with van der Waals surface area (Å²) in [5.74, 6) is 0.0212. The molecular weight excluding hydrogens is 152 g/mol. The molecule has 0 spiro atoms. The van der Waals surface area contributed by atoms with Crippen molar-refractivity contribution < 1.29 is 9.47 Å². The zero-order valence-electron chi connectivity index (χ0n) is 8.17. The van der Waals surface area contributed by atoms with E-state index in [9.17, 15) is 0 Å².